The van der Waals surface area contributed by atoms with Crippen molar-refractivity contribution < 1.29 is 18.8 Å². The van der Waals surface area contributed by atoms with Crippen LogP contribution in [0.3, 0.4) is 0 Å². The minimum absolute atomic E-state index is 0.180. The summed E-state index contributed by atoms with van der Waals surface area (Å²) in [5.74, 6) is 1.10. The average Bonchev–Trinajstić information content (AvgIpc) is 3.11. The summed E-state index contributed by atoms with van der Waals surface area (Å²) in [4.78, 5) is 26.8. The van der Waals surface area contributed by atoms with Crippen LogP contribution in [0.2, 0.25) is 0 Å². The van der Waals surface area contributed by atoms with Crippen molar-refractivity contribution >= 4 is 5.91 Å². The second-order valence-corrected chi connectivity index (χ2v) is 5.76. The number of aromatic nitrogens is 4. The largest absolute Gasteiger partial charge is 0.481 e. The molecule has 2 aromatic heterocycles. The van der Waals surface area contributed by atoms with Gasteiger partial charge in [-0.15, -0.1) is 0 Å². The molecule has 0 aliphatic heterocycles. The van der Waals surface area contributed by atoms with E-state index in [-0.39, 0.29) is 18.5 Å². The third-order valence-corrected chi connectivity index (χ3v) is 3.77. The number of aryl methyl sites for hydroxylation is 1. The molecular weight excluding hydrogens is 350 g/mol. The molecule has 0 fully saturated rings. The van der Waals surface area contributed by atoms with Crippen molar-refractivity contribution in [3.8, 4) is 23.1 Å². The maximum Gasteiger partial charge on any atom is 0.320 e. The maximum atomic E-state index is 12.7. The summed E-state index contributed by atoms with van der Waals surface area (Å²) in [5.41, 5.74) is 1.83. The maximum absolute atomic E-state index is 12.7. The summed E-state index contributed by atoms with van der Waals surface area (Å²) < 4.78 is 15.3. The first-order chi connectivity index (χ1) is 13.0. The predicted octanol–water partition coefficient (Wildman–Crippen LogP) is 2.12. The Morgan fingerprint density at radius 3 is 2.63 bits per heavy atom. The minimum atomic E-state index is -0.180. The second-order valence-electron chi connectivity index (χ2n) is 5.76. The first kappa shape index (κ1) is 18.3. The van der Waals surface area contributed by atoms with Gasteiger partial charge in [0.15, 0.2) is 5.82 Å². The molecule has 2 heterocycles. The van der Waals surface area contributed by atoms with Crippen LogP contribution in [0, 0.1) is 6.92 Å². The van der Waals surface area contributed by atoms with Gasteiger partial charge in [0.1, 0.15) is 0 Å². The molecule has 27 heavy (non-hydrogen) atoms. The molecule has 0 aliphatic rings. The Balaban J connectivity index is 1.85. The molecule has 0 atom stereocenters. The van der Waals surface area contributed by atoms with Crippen molar-refractivity contribution in [1.29, 1.82) is 0 Å². The summed E-state index contributed by atoms with van der Waals surface area (Å²) in [6, 6.07) is 8.98. The zero-order valence-corrected chi connectivity index (χ0v) is 15.5. The number of benzene rings is 1. The Bertz CT molecular complexity index is 934. The summed E-state index contributed by atoms with van der Waals surface area (Å²) in [6.45, 7) is 1.95. The molecule has 1 amide bonds. The Morgan fingerprint density at radius 2 is 1.96 bits per heavy atom. The molecule has 3 aromatic rings. The van der Waals surface area contributed by atoms with Crippen molar-refractivity contribution in [2.45, 2.75) is 13.5 Å². The van der Waals surface area contributed by atoms with Crippen molar-refractivity contribution in [2.75, 3.05) is 21.3 Å². The summed E-state index contributed by atoms with van der Waals surface area (Å²) >= 11 is 0. The molecule has 0 N–H and O–H groups in total. The van der Waals surface area contributed by atoms with Gasteiger partial charge in [-0.25, -0.2) is 0 Å². The number of rotatable bonds is 6. The summed E-state index contributed by atoms with van der Waals surface area (Å²) in [6.07, 6.45) is 0. The van der Waals surface area contributed by atoms with Crippen LogP contribution < -0.4 is 9.47 Å². The molecule has 0 bridgehead atoms. The first-order valence-electron chi connectivity index (χ1n) is 8.12. The van der Waals surface area contributed by atoms with Gasteiger partial charge in [-0.2, -0.15) is 15.0 Å². The van der Waals surface area contributed by atoms with Gasteiger partial charge in [0.05, 0.1) is 26.5 Å². The molecule has 0 aliphatic carbocycles. The van der Waals surface area contributed by atoms with Crippen LogP contribution in [0.4, 0.5) is 0 Å². The third-order valence-electron chi connectivity index (χ3n) is 3.77. The fraction of sp³-hybridized carbons (Fsp3) is 0.278. The Labute approximate surface area is 156 Å². The molecule has 9 heteroatoms. The van der Waals surface area contributed by atoms with E-state index in [1.54, 1.807) is 38.2 Å². The van der Waals surface area contributed by atoms with E-state index in [4.69, 9.17) is 14.0 Å². The number of methoxy groups -OCH3 is 2. The first-order valence-corrected chi connectivity index (χ1v) is 8.12. The lowest BCUT2D eigenvalue weighted by Crippen LogP contribution is -2.26. The quantitative estimate of drug-likeness (QED) is 0.651. The molecule has 0 saturated heterocycles. The number of hydrogen-bond acceptors (Lipinski definition) is 8. The molecule has 3 rings (SSSR count). The summed E-state index contributed by atoms with van der Waals surface area (Å²) in [5, 5.41) is 3.73. The van der Waals surface area contributed by atoms with Crippen LogP contribution in [0.5, 0.6) is 11.9 Å². The second kappa shape index (κ2) is 7.81. The highest BCUT2D eigenvalue weighted by molar-refractivity contribution is 5.95. The SMILES string of the molecule is COc1cc(-c2cccc(C(=O)N(C)Cc3nc(C)no3)c2)nc(OC)n1. The van der Waals surface area contributed by atoms with Crippen molar-refractivity contribution in [3.05, 3.63) is 47.6 Å². The summed E-state index contributed by atoms with van der Waals surface area (Å²) in [7, 11) is 4.66. The Hall–Kier alpha value is -3.49. The molecule has 1 aromatic carbocycles. The predicted molar refractivity (Wildman–Crippen MR) is 95.4 cm³/mol. The van der Waals surface area contributed by atoms with Crippen molar-refractivity contribution in [1.82, 2.24) is 25.0 Å². The van der Waals surface area contributed by atoms with Gasteiger partial charge in [-0.1, -0.05) is 17.3 Å². The highest BCUT2D eigenvalue weighted by Crippen LogP contribution is 2.24. The zero-order valence-electron chi connectivity index (χ0n) is 15.5. The van der Waals surface area contributed by atoms with E-state index >= 15 is 0 Å². The molecule has 0 radical (unpaired) electrons. The van der Waals surface area contributed by atoms with Crippen molar-refractivity contribution in [3.63, 3.8) is 0 Å². The van der Waals surface area contributed by atoms with Crippen LogP contribution in [0.15, 0.2) is 34.9 Å². The third kappa shape index (κ3) is 4.20. The van der Waals surface area contributed by atoms with Gasteiger partial charge >= 0.3 is 6.01 Å². The highest BCUT2D eigenvalue weighted by atomic mass is 16.5. The Kier molecular flexibility index (Phi) is 5.30. The fourth-order valence-corrected chi connectivity index (χ4v) is 2.46. The Morgan fingerprint density at radius 1 is 1.15 bits per heavy atom. The number of amides is 1. The lowest BCUT2D eigenvalue weighted by atomic mass is 10.1. The van der Waals surface area contributed by atoms with Crippen LogP contribution >= 0.6 is 0 Å². The van der Waals surface area contributed by atoms with Crippen LogP contribution in [-0.4, -0.2) is 52.2 Å². The molecule has 9 nitrogen and oxygen atoms in total. The standard InChI is InChI=1S/C18H19N5O4/c1-11-19-16(27-22-11)10-23(2)17(24)13-7-5-6-12(8-13)14-9-15(25-3)21-18(20-14)26-4/h5-9H,10H2,1-4H3. The van der Waals surface area contributed by atoms with Gasteiger partial charge in [-0.05, 0) is 19.1 Å². The highest BCUT2D eigenvalue weighted by Gasteiger charge is 2.16. The smallest absolute Gasteiger partial charge is 0.320 e. The van der Waals surface area contributed by atoms with E-state index in [2.05, 4.69) is 20.1 Å². The zero-order chi connectivity index (χ0) is 19.4. The lowest BCUT2D eigenvalue weighted by Gasteiger charge is -2.15. The van der Waals surface area contributed by atoms with E-state index in [1.165, 1.54) is 19.1 Å². The lowest BCUT2D eigenvalue weighted by molar-refractivity contribution is 0.0769. The number of nitrogens with zero attached hydrogens (tertiary/aromatic N) is 5. The van der Waals surface area contributed by atoms with Gasteiger partial charge < -0.3 is 18.9 Å². The van der Waals surface area contributed by atoms with Gasteiger partial charge in [-0.3, -0.25) is 4.79 Å². The number of hydrogen-bond donors (Lipinski definition) is 0. The van der Waals surface area contributed by atoms with E-state index in [9.17, 15) is 4.79 Å². The monoisotopic (exact) mass is 369 g/mol. The van der Waals surface area contributed by atoms with E-state index in [0.717, 1.165) is 5.56 Å². The van der Waals surface area contributed by atoms with Crippen molar-refractivity contribution in [2.24, 2.45) is 0 Å². The minimum Gasteiger partial charge on any atom is -0.481 e. The fourth-order valence-electron chi connectivity index (χ4n) is 2.46. The van der Waals surface area contributed by atoms with Gasteiger partial charge in [0.2, 0.25) is 11.8 Å². The van der Waals surface area contributed by atoms with Crippen LogP contribution in [-0.2, 0) is 6.54 Å². The molecule has 0 saturated carbocycles. The van der Waals surface area contributed by atoms with Gasteiger partial charge in [0.25, 0.3) is 5.91 Å². The number of carbonyl (C=O) groups is 1. The molecule has 0 unspecified atom stereocenters. The topological polar surface area (TPSA) is 103 Å². The average molecular weight is 369 g/mol. The van der Waals surface area contributed by atoms with E-state index < -0.39 is 0 Å². The van der Waals surface area contributed by atoms with E-state index in [1.807, 2.05) is 6.07 Å². The van der Waals surface area contributed by atoms with E-state index in [0.29, 0.717) is 28.9 Å². The van der Waals surface area contributed by atoms with Gasteiger partial charge in [0, 0.05) is 24.2 Å². The van der Waals surface area contributed by atoms with Crippen LogP contribution in [0.1, 0.15) is 22.1 Å². The van der Waals surface area contributed by atoms with Crippen LogP contribution in [0.25, 0.3) is 11.3 Å². The molecular formula is C18H19N5O4. The number of ether oxygens (including phenoxy) is 2. The normalized spacial score (nSPS) is 10.5. The molecule has 140 valence electrons. The number of carbonyl (C=O) groups excluding carboxylic acids is 1. The molecule has 0 spiro atoms.